The molecule has 1 unspecified atom stereocenters. The molecule has 0 N–H and O–H groups in total. The molecule has 0 saturated heterocycles. The molecule has 0 aliphatic carbocycles. The molecule has 13 heavy (non-hydrogen) atoms. The van der Waals surface area contributed by atoms with Gasteiger partial charge in [0, 0.05) is 10.6 Å². The normalized spacial score (nSPS) is 20.3. The first-order valence-electron chi connectivity index (χ1n) is 3.85. The summed E-state index contributed by atoms with van der Waals surface area (Å²) < 4.78 is 18.1. The fourth-order valence-electron chi connectivity index (χ4n) is 1.23. The second kappa shape index (κ2) is 3.34. The van der Waals surface area contributed by atoms with Crippen LogP contribution in [-0.4, -0.2) is 13.0 Å². The number of rotatable bonds is 1. The van der Waals surface area contributed by atoms with E-state index in [-0.39, 0.29) is 11.9 Å². The molecular formula is C9H7ClFNO. The van der Waals surface area contributed by atoms with Crippen molar-refractivity contribution in [1.29, 1.82) is 0 Å². The highest BCUT2D eigenvalue weighted by Gasteiger charge is 2.18. The Morgan fingerprint density at radius 1 is 1.54 bits per heavy atom. The first-order chi connectivity index (χ1) is 6.27. The first kappa shape index (κ1) is 8.51. The third-order valence-corrected chi connectivity index (χ3v) is 2.12. The van der Waals surface area contributed by atoms with Gasteiger partial charge in [-0.1, -0.05) is 11.6 Å². The van der Waals surface area contributed by atoms with Crippen LogP contribution >= 0.6 is 11.6 Å². The van der Waals surface area contributed by atoms with Crippen LogP contribution < -0.4 is 0 Å². The predicted molar refractivity (Wildman–Crippen MR) is 48.6 cm³/mol. The first-order valence-corrected chi connectivity index (χ1v) is 4.23. The Labute approximate surface area is 80.0 Å². The number of ether oxygens (including phenoxy) is 1. The fraction of sp³-hybridized carbons (Fsp3) is 0.222. The van der Waals surface area contributed by atoms with Gasteiger partial charge < -0.3 is 4.74 Å². The minimum Gasteiger partial charge on any atom is -0.481 e. The van der Waals surface area contributed by atoms with Crippen LogP contribution in [0.3, 0.4) is 0 Å². The highest BCUT2D eigenvalue weighted by atomic mass is 35.5. The lowest BCUT2D eigenvalue weighted by Crippen LogP contribution is -2.00. The summed E-state index contributed by atoms with van der Waals surface area (Å²) in [4.78, 5) is 3.96. The number of nitrogens with zero attached hydrogens (tertiary/aromatic N) is 1. The van der Waals surface area contributed by atoms with Crippen molar-refractivity contribution in [3.05, 3.63) is 34.6 Å². The van der Waals surface area contributed by atoms with Crippen LogP contribution in [0, 0.1) is 5.82 Å². The zero-order valence-electron chi connectivity index (χ0n) is 6.71. The Hall–Kier alpha value is -1.09. The average Bonchev–Trinajstić information content (AvgIpc) is 2.61. The van der Waals surface area contributed by atoms with E-state index in [0.717, 1.165) is 0 Å². The lowest BCUT2D eigenvalue weighted by Gasteiger charge is -2.06. The maximum absolute atomic E-state index is 13.2. The molecule has 68 valence electrons. The monoisotopic (exact) mass is 199 g/mol. The van der Waals surface area contributed by atoms with Gasteiger partial charge in [0.25, 0.3) is 0 Å². The summed E-state index contributed by atoms with van der Waals surface area (Å²) in [6.45, 7) is 0.386. The third kappa shape index (κ3) is 1.65. The van der Waals surface area contributed by atoms with Crippen LogP contribution in [0.4, 0.5) is 4.39 Å². The molecule has 1 atom stereocenters. The van der Waals surface area contributed by atoms with Crippen LogP contribution in [-0.2, 0) is 4.74 Å². The molecule has 2 nitrogen and oxygen atoms in total. The Morgan fingerprint density at radius 2 is 2.38 bits per heavy atom. The SMILES string of the molecule is Fc1ccc(Cl)cc1C1COC=N1. The topological polar surface area (TPSA) is 21.6 Å². The summed E-state index contributed by atoms with van der Waals surface area (Å²) in [7, 11) is 0. The second-order valence-corrected chi connectivity index (χ2v) is 3.21. The van der Waals surface area contributed by atoms with Gasteiger partial charge in [0.2, 0.25) is 0 Å². The average molecular weight is 200 g/mol. The minimum absolute atomic E-state index is 0.251. The molecule has 0 saturated carbocycles. The van der Waals surface area contributed by atoms with Gasteiger partial charge in [-0.05, 0) is 18.2 Å². The number of halogens is 2. The maximum atomic E-state index is 13.2. The molecule has 0 spiro atoms. The Balaban J connectivity index is 2.37. The zero-order valence-corrected chi connectivity index (χ0v) is 7.46. The van der Waals surface area contributed by atoms with E-state index in [4.69, 9.17) is 16.3 Å². The Kier molecular flexibility index (Phi) is 2.19. The quantitative estimate of drug-likeness (QED) is 0.681. The van der Waals surface area contributed by atoms with Gasteiger partial charge in [-0.3, -0.25) is 0 Å². The molecule has 1 aliphatic rings. The highest BCUT2D eigenvalue weighted by Crippen LogP contribution is 2.26. The number of hydrogen-bond donors (Lipinski definition) is 0. The van der Waals surface area contributed by atoms with Crippen molar-refractivity contribution in [1.82, 2.24) is 0 Å². The van der Waals surface area contributed by atoms with E-state index in [1.54, 1.807) is 6.07 Å². The summed E-state index contributed by atoms with van der Waals surface area (Å²) in [6.07, 6.45) is 1.34. The minimum atomic E-state index is -0.294. The van der Waals surface area contributed by atoms with E-state index in [9.17, 15) is 4.39 Å². The fourth-order valence-corrected chi connectivity index (χ4v) is 1.41. The largest absolute Gasteiger partial charge is 0.481 e. The van der Waals surface area contributed by atoms with Crippen LogP contribution in [0.5, 0.6) is 0 Å². The molecule has 1 aromatic rings. The summed E-state index contributed by atoms with van der Waals surface area (Å²) in [6, 6.07) is 4.18. The van der Waals surface area contributed by atoms with Crippen molar-refractivity contribution >= 4 is 18.0 Å². The Morgan fingerprint density at radius 3 is 3.08 bits per heavy atom. The van der Waals surface area contributed by atoms with Gasteiger partial charge in [-0.25, -0.2) is 9.38 Å². The highest BCUT2D eigenvalue weighted by molar-refractivity contribution is 6.30. The summed E-state index contributed by atoms with van der Waals surface area (Å²) in [5.74, 6) is -0.294. The van der Waals surface area contributed by atoms with Crippen LogP contribution in [0.25, 0.3) is 0 Å². The molecular weight excluding hydrogens is 193 g/mol. The van der Waals surface area contributed by atoms with Crippen LogP contribution in [0.15, 0.2) is 23.2 Å². The summed E-state index contributed by atoms with van der Waals surface area (Å²) in [5.41, 5.74) is 0.487. The smallest absolute Gasteiger partial charge is 0.170 e. The van der Waals surface area contributed by atoms with E-state index < -0.39 is 0 Å². The van der Waals surface area contributed by atoms with Gasteiger partial charge in [0.15, 0.2) is 6.40 Å². The molecule has 0 aromatic heterocycles. The molecule has 0 amide bonds. The molecule has 1 aromatic carbocycles. The van der Waals surface area contributed by atoms with E-state index in [1.807, 2.05) is 0 Å². The van der Waals surface area contributed by atoms with Crippen LogP contribution in [0.1, 0.15) is 11.6 Å². The lowest BCUT2D eigenvalue weighted by atomic mass is 10.1. The zero-order chi connectivity index (χ0) is 9.26. The molecule has 0 fully saturated rings. The molecule has 0 bridgehead atoms. The van der Waals surface area contributed by atoms with E-state index >= 15 is 0 Å². The summed E-state index contributed by atoms with van der Waals surface area (Å²) in [5, 5.41) is 0.513. The van der Waals surface area contributed by atoms with Gasteiger partial charge in [0.1, 0.15) is 18.5 Å². The second-order valence-electron chi connectivity index (χ2n) is 2.77. The number of benzene rings is 1. The number of hydrogen-bond acceptors (Lipinski definition) is 2. The summed E-state index contributed by atoms with van der Waals surface area (Å²) >= 11 is 5.74. The number of aliphatic imine (C=N–C) groups is 1. The van der Waals surface area contributed by atoms with E-state index in [0.29, 0.717) is 17.2 Å². The molecule has 1 aliphatic heterocycles. The van der Waals surface area contributed by atoms with Crippen LogP contribution in [0.2, 0.25) is 5.02 Å². The third-order valence-electron chi connectivity index (χ3n) is 1.89. The Bertz CT molecular complexity index is 353. The molecule has 4 heteroatoms. The van der Waals surface area contributed by atoms with Crippen molar-refractivity contribution in [3.63, 3.8) is 0 Å². The van der Waals surface area contributed by atoms with Gasteiger partial charge in [-0.15, -0.1) is 0 Å². The van der Waals surface area contributed by atoms with E-state index in [1.165, 1.54) is 18.5 Å². The van der Waals surface area contributed by atoms with Gasteiger partial charge >= 0.3 is 0 Å². The van der Waals surface area contributed by atoms with Crippen molar-refractivity contribution in [2.45, 2.75) is 6.04 Å². The van der Waals surface area contributed by atoms with Crippen molar-refractivity contribution < 1.29 is 9.13 Å². The van der Waals surface area contributed by atoms with Crippen molar-refractivity contribution in [2.24, 2.45) is 4.99 Å². The van der Waals surface area contributed by atoms with E-state index in [2.05, 4.69) is 4.99 Å². The van der Waals surface area contributed by atoms with Crippen molar-refractivity contribution in [3.8, 4) is 0 Å². The molecule has 0 radical (unpaired) electrons. The van der Waals surface area contributed by atoms with Gasteiger partial charge in [0.05, 0.1) is 0 Å². The van der Waals surface area contributed by atoms with Gasteiger partial charge in [-0.2, -0.15) is 0 Å². The van der Waals surface area contributed by atoms with Crippen molar-refractivity contribution in [2.75, 3.05) is 6.61 Å². The lowest BCUT2D eigenvalue weighted by molar-refractivity contribution is 0.327. The predicted octanol–water partition coefficient (Wildman–Crippen LogP) is 2.58. The maximum Gasteiger partial charge on any atom is 0.170 e. The molecule has 2 rings (SSSR count). The standard InChI is InChI=1S/C9H7ClFNO/c10-6-1-2-8(11)7(3-6)9-4-13-5-12-9/h1-3,5,9H,4H2. The molecule has 1 heterocycles.